The van der Waals surface area contributed by atoms with E-state index in [9.17, 15) is 13.2 Å². The largest absolute Gasteiger partial charge is 0.389 e. The van der Waals surface area contributed by atoms with E-state index in [1.54, 1.807) is 24.3 Å². The molecule has 1 aliphatic rings. The number of halogens is 3. The number of rotatable bonds is 3. The maximum absolute atomic E-state index is 12.7. The van der Waals surface area contributed by atoms with Crippen LogP contribution in [0, 0.1) is 5.92 Å². The first-order valence-electron chi connectivity index (χ1n) is 5.77. The zero-order valence-electron chi connectivity index (χ0n) is 9.50. The van der Waals surface area contributed by atoms with E-state index in [0.717, 1.165) is 5.56 Å². The van der Waals surface area contributed by atoms with Gasteiger partial charge in [-0.1, -0.05) is 30.3 Å². The van der Waals surface area contributed by atoms with Crippen LogP contribution in [0.15, 0.2) is 30.3 Å². The van der Waals surface area contributed by atoms with Crippen molar-refractivity contribution in [2.24, 2.45) is 11.7 Å². The topological polar surface area (TPSA) is 26.0 Å². The third-order valence-electron chi connectivity index (χ3n) is 3.62. The summed E-state index contributed by atoms with van der Waals surface area (Å²) in [6.07, 6.45) is -3.75. The second-order valence-corrected chi connectivity index (χ2v) is 4.95. The molecule has 2 rings (SSSR count). The van der Waals surface area contributed by atoms with Crippen molar-refractivity contribution in [3.8, 4) is 0 Å². The van der Waals surface area contributed by atoms with E-state index in [4.69, 9.17) is 5.73 Å². The van der Waals surface area contributed by atoms with Crippen molar-refractivity contribution in [2.45, 2.75) is 30.9 Å². The van der Waals surface area contributed by atoms with Gasteiger partial charge in [-0.05, 0) is 30.9 Å². The molecule has 1 saturated carbocycles. The first-order chi connectivity index (χ1) is 7.95. The molecule has 1 aromatic rings. The minimum atomic E-state index is -4.12. The Labute approximate surface area is 98.8 Å². The first kappa shape index (κ1) is 12.4. The minimum Gasteiger partial charge on any atom is -0.330 e. The molecule has 0 heterocycles. The summed E-state index contributed by atoms with van der Waals surface area (Å²) in [6, 6.07) is 8.99. The molecule has 0 saturated heterocycles. The molecule has 0 spiro atoms. The second kappa shape index (κ2) is 4.33. The van der Waals surface area contributed by atoms with E-state index in [2.05, 4.69) is 0 Å². The van der Waals surface area contributed by atoms with Crippen molar-refractivity contribution in [1.82, 2.24) is 0 Å². The lowest BCUT2D eigenvalue weighted by Crippen LogP contribution is -2.46. The van der Waals surface area contributed by atoms with Crippen LogP contribution >= 0.6 is 0 Å². The van der Waals surface area contributed by atoms with Gasteiger partial charge < -0.3 is 5.73 Å². The molecule has 94 valence electrons. The van der Waals surface area contributed by atoms with Crippen molar-refractivity contribution < 1.29 is 13.2 Å². The summed E-state index contributed by atoms with van der Waals surface area (Å²) >= 11 is 0. The number of nitrogens with two attached hydrogens (primary N) is 1. The standard InChI is InChI=1S/C13H16F3N/c14-13(15,16)9-12(6-10(7-12)8-17)11-4-2-1-3-5-11/h1-5,10H,6-9,17H2. The van der Waals surface area contributed by atoms with E-state index >= 15 is 0 Å². The highest BCUT2D eigenvalue weighted by Crippen LogP contribution is 2.53. The Morgan fingerprint density at radius 1 is 1.18 bits per heavy atom. The van der Waals surface area contributed by atoms with Gasteiger partial charge in [-0.2, -0.15) is 13.2 Å². The second-order valence-electron chi connectivity index (χ2n) is 4.95. The number of benzene rings is 1. The predicted octanol–water partition coefficient (Wildman–Crippen LogP) is 3.25. The summed E-state index contributed by atoms with van der Waals surface area (Å²) in [5.74, 6) is 0.234. The lowest BCUT2D eigenvalue weighted by atomic mass is 9.57. The minimum absolute atomic E-state index is 0.234. The predicted molar refractivity (Wildman–Crippen MR) is 60.6 cm³/mol. The molecule has 1 nitrogen and oxygen atoms in total. The van der Waals surface area contributed by atoms with E-state index in [1.165, 1.54) is 0 Å². The van der Waals surface area contributed by atoms with E-state index in [1.807, 2.05) is 6.07 Å². The van der Waals surface area contributed by atoms with Crippen molar-refractivity contribution >= 4 is 0 Å². The monoisotopic (exact) mass is 243 g/mol. The number of hydrogen-bond donors (Lipinski definition) is 1. The molecule has 1 aromatic carbocycles. The summed E-state index contributed by atoms with van der Waals surface area (Å²) in [7, 11) is 0. The quantitative estimate of drug-likeness (QED) is 0.866. The van der Waals surface area contributed by atoms with Gasteiger partial charge in [0.25, 0.3) is 0 Å². The highest BCUT2D eigenvalue weighted by atomic mass is 19.4. The van der Waals surface area contributed by atoms with Crippen LogP contribution in [-0.2, 0) is 5.41 Å². The summed E-state index contributed by atoms with van der Waals surface area (Å²) in [6.45, 7) is 0.479. The molecule has 0 unspecified atom stereocenters. The zero-order valence-corrected chi connectivity index (χ0v) is 9.50. The van der Waals surface area contributed by atoms with Gasteiger partial charge in [0.2, 0.25) is 0 Å². The molecule has 4 heteroatoms. The molecule has 0 atom stereocenters. The molecular formula is C13H16F3N. The van der Waals surface area contributed by atoms with Crippen molar-refractivity contribution in [2.75, 3.05) is 6.54 Å². The molecule has 0 radical (unpaired) electrons. The Bertz CT molecular complexity index is 366. The van der Waals surface area contributed by atoms with Crippen molar-refractivity contribution in [3.05, 3.63) is 35.9 Å². The lowest BCUT2D eigenvalue weighted by molar-refractivity contribution is -0.159. The highest BCUT2D eigenvalue weighted by Gasteiger charge is 2.51. The Hall–Kier alpha value is -1.03. The van der Waals surface area contributed by atoms with Crippen LogP contribution in [0.2, 0.25) is 0 Å². The average molecular weight is 243 g/mol. The molecule has 0 aliphatic heterocycles. The molecule has 1 aliphatic carbocycles. The maximum Gasteiger partial charge on any atom is 0.389 e. The van der Waals surface area contributed by atoms with Crippen LogP contribution in [0.1, 0.15) is 24.8 Å². The Balaban J connectivity index is 2.21. The SMILES string of the molecule is NCC1CC(CC(F)(F)F)(c2ccccc2)C1. The van der Waals surface area contributed by atoms with Gasteiger partial charge in [0, 0.05) is 5.41 Å². The van der Waals surface area contributed by atoms with Gasteiger partial charge >= 0.3 is 6.18 Å². The molecule has 2 N–H and O–H groups in total. The van der Waals surface area contributed by atoms with Gasteiger partial charge in [0.15, 0.2) is 0 Å². The van der Waals surface area contributed by atoms with E-state index in [-0.39, 0.29) is 5.92 Å². The third-order valence-corrected chi connectivity index (χ3v) is 3.62. The van der Waals surface area contributed by atoms with E-state index < -0.39 is 18.0 Å². The summed E-state index contributed by atoms with van der Waals surface area (Å²) < 4.78 is 38.0. The fraction of sp³-hybridized carbons (Fsp3) is 0.538. The van der Waals surface area contributed by atoms with Gasteiger partial charge in [0.1, 0.15) is 0 Å². The summed E-state index contributed by atoms with van der Waals surface area (Å²) in [5, 5.41) is 0. The summed E-state index contributed by atoms with van der Waals surface area (Å²) in [4.78, 5) is 0. The van der Waals surface area contributed by atoms with Crippen LogP contribution in [0.4, 0.5) is 13.2 Å². The first-order valence-corrected chi connectivity index (χ1v) is 5.77. The van der Waals surface area contributed by atoms with Gasteiger partial charge in [-0.3, -0.25) is 0 Å². The Morgan fingerprint density at radius 3 is 2.24 bits per heavy atom. The molecule has 1 fully saturated rings. The third kappa shape index (κ3) is 2.63. The molecular weight excluding hydrogens is 227 g/mol. The van der Waals surface area contributed by atoms with Crippen molar-refractivity contribution in [3.63, 3.8) is 0 Å². The van der Waals surface area contributed by atoms with Crippen molar-refractivity contribution in [1.29, 1.82) is 0 Å². The molecule has 17 heavy (non-hydrogen) atoms. The smallest absolute Gasteiger partial charge is 0.330 e. The fourth-order valence-electron chi connectivity index (χ4n) is 2.87. The van der Waals surface area contributed by atoms with Gasteiger partial charge in [-0.15, -0.1) is 0 Å². The van der Waals surface area contributed by atoms with Gasteiger partial charge in [-0.25, -0.2) is 0 Å². The molecule has 0 amide bonds. The van der Waals surface area contributed by atoms with E-state index in [0.29, 0.717) is 19.4 Å². The van der Waals surface area contributed by atoms with Crippen LogP contribution in [-0.4, -0.2) is 12.7 Å². The van der Waals surface area contributed by atoms with Gasteiger partial charge in [0.05, 0.1) is 6.42 Å². The van der Waals surface area contributed by atoms with Crippen LogP contribution in [0.3, 0.4) is 0 Å². The molecule has 0 bridgehead atoms. The van der Waals surface area contributed by atoms with Crippen LogP contribution < -0.4 is 5.73 Å². The highest BCUT2D eigenvalue weighted by molar-refractivity contribution is 5.29. The lowest BCUT2D eigenvalue weighted by Gasteiger charge is -2.48. The van der Waals surface area contributed by atoms with Crippen LogP contribution in [0.25, 0.3) is 0 Å². The number of alkyl halides is 3. The zero-order chi connectivity index (χ0) is 12.5. The Kier molecular flexibility index (Phi) is 3.17. The van der Waals surface area contributed by atoms with Crippen LogP contribution in [0.5, 0.6) is 0 Å². The fourth-order valence-corrected chi connectivity index (χ4v) is 2.87. The number of hydrogen-bond acceptors (Lipinski definition) is 1. The Morgan fingerprint density at radius 2 is 1.76 bits per heavy atom. The summed E-state index contributed by atoms with van der Waals surface area (Å²) in [5.41, 5.74) is 5.58. The average Bonchev–Trinajstić information content (AvgIpc) is 2.22. The normalized spacial score (nSPS) is 28.8. The molecule has 0 aromatic heterocycles. The maximum atomic E-state index is 12.7.